The van der Waals surface area contributed by atoms with Gasteiger partial charge in [-0.1, -0.05) is 25.1 Å². The molecule has 3 aromatic rings. The highest BCUT2D eigenvalue weighted by molar-refractivity contribution is 6.06. The van der Waals surface area contributed by atoms with Crippen LogP contribution in [-0.4, -0.2) is 51.3 Å². The number of carbonyl (C=O) groups is 1. The first-order valence-corrected chi connectivity index (χ1v) is 10.9. The number of pyridine rings is 1. The molecule has 9 nitrogen and oxygen atoms in total. The first-order valence-electron chi connectivity index (χ1n) is 10.9. The Kier molecular flexibility index (Phi) is 6.90. The number of carbonyl (C=O) groups excluding carboxylic acids is 1. The van der Waals surface area contributed by atoms with Crippen LogP contribution < -0.4 is 21.5 Å². The van der Waals surface area contributed by atoms with Crippen LogP contribution in [0.25, 0.3) is 21.9 Å². The van der Waals surface area contributed by atoms with Crippen LogP contribution in [0.15, 0.2) is 24.3 Å². The van der Waals surface area contributed by atoms with E-state index in [1.807, 2.05) is 49.6 Å². The largest absolute Gasteiger partial charge is 0.465 e. The lowest BCUT2D eigenvalue weighted by Gasteiger charge is -2.27. The van der Waals surface area contributed by atoms with Crippen LogP contribution in [0.4, 0.5) is 5.82 Å². The van der Waals surface area contributed by atoms with E-state index in [-0.39, 0.29) is 5.91 Å². The Morgan fingerprint density at radius 1 is 1.16 bits per heavy atom. The van der Waals surface area contributed by atoms with E-state index in [9.17, 15) is 4.79 Å². The van der Waals surface area contributed by atoms with Crippen LogP contribution in [0.1, 0.15) is 41.0 Å². The van der Waals surface area contributed by atoms with E-state index in [4.69, 9.17) is 20.9 Å². The summed E-state index contributed by atoms with van der Waals surface area (Å²) in [5.74, 6) is 0.147. The van der Waals surface area contributed by atoms with Gasteiger partial charge in [0.2, 0.25) is 5.91 Å². The molecule has 5 N–H and O–H groups in total. The minimum atomic E-state index is -0.925. The highest BCUT2D eigenvalue weighted by atomic mass is 16.5. The minimum absolute atomic E-state index is 0.218. The fourth-order valence-corrected chi connectivity index (χ4v) is 3.43. The first kappa shape index (κ1) is 23.7. The van der Waals surface area contributed by atoms with Gasteiger partial charge in [0.05, 0.1) is 41.9 Å². The summed E-state index contributed by atoms with van der Waals surface area (Å²) in [6, 6.07) is 8.32. The molecule has 2 heterocycles. The van der Waals surface area contributed by atoms with Crippen LogP contribution in [-0.2, 0) is 16.1 Å². The van der Waals surface area contributed by atoms with Gasteiger partial charge in [0.15, 0.2) is 5.82 Å². The van der Waals surface area contributed by atoms with Crippen molar-refractivity contribution in [2.45, 2.75) is 58.7 Å². The topological polar surface area (TPSA) is 130 Å². The first-order chi connectivity index (χ1) is 15.0. The molecular weight excluding hydrogens is 408 g/mol. The van der Waals surface area contributed by atoms with Crippen molar-refractivity contribution >= 4 is 33.7 Å². The zero-order valence-corrected chi connectivity index (χ0v) is 19.6. The molecule has 1 amide bonds. The third kappa shape index (κ3) is 5.28. The van der Waals surface area contributed by atoms with Crippen LogP contribution >= 0.6 is 0 Å². The number of para-hydroxylation sites is 1. The quantitative estimate of drug-likeness (QED) is 0.411. The van der Waals surface area contributed by atoms with Gasteiger partial charge in [-0.15, -0.1) is 0 Å². The van der Waals surface area contributed by atoms with Crippen LogP contribution in [0, 0.1) is 0 Å². The molecule has 0 aliphatic carbocycles. The molecule has 2 aromatic heterocycles. The minimum Gasteiger partial charge on any atom is -0.465 e. The predicted octanol–water partition coefficient (Wildman–Crippen LogP) is 2.60. The maximum Gasteiger partial charge on any atom is 0.297 e. The molecule has 0 radical (unpaired) electrons. The Bertz CT molecular complexity index is 1100. The molecule has 0 saturated carbocycles. The summed E-state index contributed by atoms with van der Waals surface area (Å²) >= 11 is 0. The molecular formula is C23H34N6O3. The van der Waals surface area contributed by atoms with Crippen molar-refractivity contribution in [2.24, 2.45) is 5.73 Å². The zero-order chi connectivity index (χ0) is 23.5. The summed E-state index contributed by atoms with van der Waals surface area (Å²) < 4.78 is 14.1. The van der Waals surface area contributed by atoms with Gasteiger partial charge in [0.25, 0.3) is 6.01 Å². The number of aromatic nitrogens is 3. The second-order valence-electron chi connectivity index (χ2n) is 9.13. The van der Waals surface area contributed by atoms with E-state index < -0.39 is 11.1 Å². The number of ether oxygens (including phenoxy) is 2. The number of anilines is 1. The maximum atomic E-state index is 12.0. The predicted molar refractivity (Wildman–Crippen MR) is 127 cm³/mol. The lowest BCUT2D eigenvalue weighted by Crippen LogP contribution is -2.50. The summed E-state index contributed by atoms with van der Waals surface area (Å²) in [6.45, 7) is 11.1. The van der Waals surface area contributed by atoms with Crippen molar-refractivity contribution in [1.29, 1.82) is 0 Å². The van der Waals surface area contributed by atoms with E-state index in [0.29, 0.717) is 43.6 Å². The van der Waals surface area contributed by atoms with Gasteiger partial charge >= 0.3 is 0 Å². The number of nitrogens with one attached hydrogen (secondary N) is 1. The maximum absolute atomic E-state index is 12.0. The molecule has 0 fully saturated rings. The van der Waals surface area contributed by atoms with Gasteiger partial charge in [-0.05, 0) is 40.2 Å². The van der Waals surface area contributed by atoms with Gasteiger partial charge in [-0.2, -0.15) is 4.98 Å². The number of imidazole rings is 1. The lowest BCUT2D eigenvalue weighted by atomic mass is 10.1. The molecule has 0 aliphatic heterocycles. The molecule has 0 aliphatic rings. The SMILES string of the molecule is CCCOc1nc2c(N)nc3ccccc3c2n1CC(C)(C)OCCNC(=O)C(C)(C)N. The molecule has 0 atom stereocenters. The third-order valence-corrected chi connectivity index (χ3v) is 5.02. The molecule has 3 rings (SSSR count). The second-order valence-corrected chi connectivity index (χ2v) is 9.13. The highest BCUT2D eigenvalue weighted by Gasteiger charge is 2.26. The number of rotatable bonds is 10. The normalized spacial score (nSPS) is 12.4. The summed E-state index contributed by atoms with van der Waals surface area (Å²) in [6.07, 6.45) is 0.856. The van der Waals surface area contributed by atoms with Gasteiger partial charge in [-0.3, -0.25) is 9.36 Å². The molecule has 9 heteroatoms. The standard InChI is InChI=1S/C23H34N6O3/c1-6-12-31-21-28-17-18(15-9-7-8-10-16(15)27-19(17)24)29(21)14-22(2,3)32-13-11-26-20(30)23(4,5)25/h7-10H,6,11-14,25H2,1-5H3,(H2,24,27)(H,26,30). The van der Waals surface area contributed by atoms with E-state index >= 15 is 0 Å². The summed E-state index contributed by atoms with van der Waals surface area (Å²) in [7, 11) is 0. The van der Waals surface area contributed by atoms with Crippen molar-refractivity contribution in [3.05, 3.63) is 24.3 Å². The number of nitrogen functional groups attached to an aromatic ring is 1. The molecule has 0 saturated heterocycles. The lowest BCUT2D eigenvalue weighted by molar-refractivity contribution is -0.125. The number of amides is 1. The summed E-state index contributed by atoms with van der Waals surface area (Å²) in [4.78, 5) is 21.1. The Morgan fingerprint density at radius 2 is 1.88 bits per heavy atom. The molecule has 32 heavy (non-hydrogen) atoms. The smallest absolute Gasteiger partial charge is 0.297 e. The molecule has 0 bridgehead atoms. The molecule has 0 spiro atoms. The highest BCUT2D eigenvalue weighted by Crippen LogP contribution is 2.33. The monoisotopic (exact) mass is 442 g/mol. The Morgan fingerprint density at radius 3 is 2.56 bits per heavy atom. The average Bonchev–Trinajstić information content (AvgIpc) is 3.07. The number of hydrogen-bond donors (Lipinski definition) is 3. The number of hydrogen-bond acceptors (Lipinski definition) is 7. The fourth-order valence-electron chi connectivity index (χ4n) is 3.43. The summed E-state index contributed by atoms with van der Waals surface area (Å²) in [5, 5.41) is 3.75. The van der Waals surface area contributed by atoms with Crippen molar-refractivity contribution in [2.75, 3.05) is 25.5 Å². The summed E-state index contributed by atoms with van der Waals surface area (Å²) in [5.41, 5.74) is 12.8. The number of benzene rings is 1. The Balaban J connectivity index is 1.88. The van der Waals surface area contributed by atoms with Crippen molar-refractivity contribution in [3.63, 3.8) is 0 Å². The van der Waals surface area contributed by atoms with Crippen molar-refractivity contribution in [3.8, 4) is 6.01 Å². The fraction of sp³-hybridized carbons (Fsp3) is 0.522. The molecule has 174 valence electrons. The number of nitrogens with zero attached hydrogens (tertiary/aromatic N) is 3. The number of nitrogens with two attached hydrogens (primary N) is 2. The van der Waals surface area contributed by atoms with Crippen LogP contribution in [0.5, 0.6) is 6.01 Å². The van der Waals surface area contributed by atoms with Gasteiger partial charge in [-0.25, -0.2) is 4.98 Å². The van der Waals surface area contributed by atoms with Gasteiger partial charge < -0.3 is 26.3 Å². The van der Waals surface area contributed by atoms with Crippen molar-refractivity contribution < 1.29 is 14.3 Å². The van der Waals surface area contributed by atoms with Crippen LogP contribution in [0.3, 0.4) is 0 Å². The van der Waals surface area contributed by atoms with E-state index in [2.05, 4.69) is 15.3 Å². The molecule has 1 aromatic carbocycles. The number of fused-ring (bicyclic) bond motifs is 3. The average molecular weight is 443 g/mol. The molecule has 0 unspecified atom stereocenters. The van der Waals surface area contributed by atoms with E-state index in [0.717, 1.165) is 22.8 Å². The zero-order valence-electron chi connectivity index (χ0n) is 19.6. The Labute approximate surface area is 188 Å². The second kappa shape index (κ2) is 9.30. The van der Waals surface area contributed by atoms with Gasteiger partial charge in [0, 0.05) is 11.9 Å². The van der Waals surface area contributed by atoms with Gasteiger partial charge in [0.1, 0.15) is 5.52 Å². The van der Waals surface area contributed by atoms with Crippen LogP contribution in [0.2, 0.25) is 0 Å². The Hall–Kier alpha value is -2.91. The van der Waals surface area contributed by atoms with Crippen molar-refractivity contribution in [1.82, 2.24) is 19.9 Å². The third-order valence-electron chi connectivity index (χ3n) is 5.02. The van der Waals surface area contributed by atoms with E-state index in [1.165, 1.54) is 0 Å². The van der Waals surface area contributed by atoms with E-state index in [1.54, 1.807) is 13.8 Å².